The number of ether oxygens (including phenoxy) is 2. The van der Waals surface area contributed by atoms with Crippen LogP contribution in [0.5, 0.6) is 11.5 Å². The van der Waals surface area contributed by atoms with Crippen molar-refractivity contribution in [2.24, 2.45) is 6.98 Å². The SMILES string of the molecule is [2H]C([2H])([2H])n1cnc(C(C)Oc2c(OC(F)F)cc(Br)c3ncnc(N)c23)n1. The van der Waals surface area contributed by atoms with Crippen LogP contribution >= 0.6 is 15.9 Å². The minimum Gasteiger partial charge on any atom is -0.478 e. The second-order valence-electron chi connectivity index (χ2n) is 4.85. The summed E-state index contributed by atoms with van der Waals surface area (Å²) < 4.78 is 59.1. The molecule has 0 aliphatic rings. The molecule has 25 heavy (non-hydrogen) atoms. The van der Waals surface area contributed by atoms with Crippen LogP contribution in [0.15, 0.2) is 23.2 Å². The van der Waals surface area contributed by atoms with E-state index in [0.717, 1.165) is 6.33 Å². The summed E-state index contributed by atoms with van der Waals surface area (Å²) in [6, 6.07) is 1.26. The molecule has 2 heterocycles. The number of halogens is 3. The van der Waals surface area contributed by atoms with E-state index < -0.39 is 19.7 Å². The first-order valence-corrected chi connectivity index (χ1v) is 7.63. The summed E-state index contributed by atoms with van der Waals surface area (Å²) in [4.78, 5) is 11.8. The molecule has 0 radical (unpaired) electrons. The molecular weight excluding hydrogens is 402 g/mol. The maximum atomic E-state index is 12.9. The van der Waals surface area contributed by atoms with Crippen LogP contribution in [0.2, 0.25) is 0 Å². The number of nitrogens with zero attached hydrogens (tertiary/aromatic N) is 5. The molecule has 0 spiro atoms. The van der Waals surface area contributed by atoms with Crippen molar-refractivity contribution in [1.29, 1.82) is 0 Å². The van der Waals surface area contributed by atoms with E-state index in [1.807, 2.05) is 0 Å². The first-order chi connectivity index (χ1) is 13.1. The summed E-state index contributed by atoms with van der Waals surface area (Å²) in [6.07, 6.45) is 1.31. The minimum absolute atomic E-state index is 0.0191. The Kier molecular flexibility index (Phi) is 3.70. The monoisotopic (exact) mass is 417 g/mol. The maximum absolute atomic E-state index is 12.9. The zero-order chi connectivity index (χ0) is 20.6. The number of nitrogens with two attached hydrogens (primary N) is 1. The van der Waals surface area contributed by atoms with Crippen molar-refractivity contribution in [3.63, 3.8) is 0 Å². The number of nitrogen functional groups attached to an aromatic ring is 1. The van der Waals surface area contributed by atoms with Crippen molar-refractivity contribution in [2.75, 3.05) is 5.73 Å². The topological polar surface area (TPSA) is 101 Å². The third kappa shape index (κ3) is 3.45. The van der Waals surface area contributed by atoms with Crippen molar-refractivity contribution in [3.8, 4) is 11.5 Å². The first-order valence-electron chi connectivity index (χ1n) is 8.34. The molecule has 0 aliphatic heterocycles. The van der Waals surface area contributed by atoms with Gasteiger partial charge in [-0.2, -0.15) is 13.9 Å². The predicted octanol–water partition coefficient (Wildman–Crippen LogP) is 2.84. The molecule has 3 aromatic rings. The van der Waals surface area contributed by atoms with E-state index in [1.165, 1.54) is 19.3 Å². The molecule has 1 atom stereocenters. The van der Waals surface area contributed by atoms with Crippen molar-refractivity contribution in [3.05, 3.63) is 29.0 Å². The largest absolute Gasteiger partial charge is 0.478 e. The summed E-state index contributed by atoms with van der Waals surface area (Å²) in [5, 5.41) is 3.99. The van der Waals surface area contributed by atoms with Crippen LogP contribution in [0.1, 0.15) is 23.0 Å². The first kappa shape index (κ1) is 13.7. The van der Waals surface area contributed by atoms with Gasteiger partial charge in [-0.1, -0.05) is 0 Å². The van der Waals surface area contributed by atoms with Crippen LogP contribution in [0.3, 0.4) is 0 Å². The third-order valence-corrected chi connectivity index (χ3v) is 3.80. The van der Waals surface area contributed by atoms with Gasteiger partial charge in [-0.15, -0.1) is 0 Å². The molecule has 132 valence electrons. The Labute approximate surface area is 153 Å². The highest BCUT2D eigenvalue weighted by Gasteiger charge is 2.23. The second kappa shape index (κ2) is 6.75. The molecule has 2 N–H and O–H groups in total. The Morgan fingerprint density at radius 3 is 2.80 bits per heavy atom. The van der Waals surface area contributed by atoms with Gasteiger partial charge in [0.15, 0.2) is 23.4 Å². The fourth-order valence-corrected chi connectivity index (χ4v) is 2.68. The predicted molar refractivity (Wildman–Crippen MR) is 88.3 cm³/mol. The van der Waals surface area contributed by atoms with Crippen molar-refractivity contribution in [1.82, 2.24) is 24.7 Å². The van der Waals surface area contributed by atoms with Crippen molar-refractivity contribution >= 4 is 32.7 Å². The van der Waals surface area contributed by atoms with Gasteiger partial charge in [0.2, 0.25) is 0 Å². The Bertz CT molecular complexity index is 1020. The minimum atomic E-state index is -3.12. The average molecular weight is 418 g/mol. The normalized spacial score (nSPS) is 14.8. The highest BCUT2D eigenvalue weighted by atomic mass is 79.9. The number of benzene rings is 1. The molecule has 1 unspecified atom stereocenters. The van der Waals surface area contributed by atoms with Crippen LogP contribution in [0.25, 0.3) is 10.9 Å². The van der Waals surface area contributed by atoms with Gasteiger partial charge in [-0.05, 0) is 22.9 Å². The van der Waals surface area contributed by atoms with Gasteiger partial charge in [0, 0.05) is 21.6 Å². The van der Waals surface area contributed by atoms with Gasteiger partial charge >= 0.3 is 6.61 Å². The number of fused-ring (bicyclic) bond motifs is 1. The summed E-state index contributed by atoms with van der Waals surface area (Å²) in [5.41, 5.74) is 6.21. The van der Waals surface area contributed by atoms with Gasteiger partial charge in [-0.25, -0.2) is 15.0 Å². The fourth-order valence-electron chi connectivity index (χ4n) is 2.17. The average Bonchev–Trinajstić information content (AvgIpc) is 3.08. The molecule has 1 aromatic carbocycles. The molecule has 11 heteroatoms. The van der Waals surface area contributed by atoms with Crippen LogP contribution in [-0.2, 0) is 6.98 Å². The Morgan fingerprint density at radius 1 is 1.32 bits per heavy atom. The molecule has 0 fully saturated rings. The second-order valence-corrected chi connectivity index (χ2v) is 5.71. The van der Waals surface area contributed by atoms with Gasteiger partial charge in [0.25, 0.3) is 0 Å². The molecule has 0 amide bonds. The molecular formula is C14H13BrF2N6O2. The van der Waals surface area contributed by atoms with E-state index in [-0.39, 0.29) is 28.5 Å². The lowest BCUT2D eigenvalue weighted by molar-refractivity contribution is -0.0519. The van der Waals surface area contributed by atoms with Crippen molar-refractivity contribution < 1.29 is 22.4 Å². The zero-order valence-corrected chi connectivity index (χ0v) is 14.2. The standard InChI is InChI=1S/C14H13BrF2N6O2/c1-6(13-21-5-23(2)22-13)24-11-8(25-14(16)17)3-7(15)10-9(11)12(18)20-4-19-10/h3-6,14H,1-2H3,(H2,18,19,20)/i2D3. The molecule has 2 aromatic heterocycles. The van der Waals surface area contributed by atoms with Gasteiger partial charge < -0.3 is 15.2 Å². The number of anilines is 1. The molecule has 0 aliphatic carbocycles. The number of aromatic nitrogens is 5. The quantitative estimate of drug-likeness (QED) is 0.680. The number of rotatable bonds is 5. The summed E-state index contributed by atoms with van der Waals surface area (Å²) >= 11 is 3.23. The fraction of sp³-hybridized carbons (Fsp3) is 0.286. The van der Waals surface area contributed by atoms with E-state index in [1.54, 1.807) is 0 Å². The Hall–Kier alpha value is -2.56. The number of hydrogen-bond donors (Lipinski definition) is 1. The molecule has 8 nitrogen and oxygen atoms in total. The zero-order valence-electron chi connectivity index (χ0n) is 15.7. The van der Waals surface area contributed by atoms with Crippen LogP contribution in [-0.4, -0.2) is 31.3 Å². The molecule has 3 rings (SSSR count). The van der Waals surface area contributed by atoms with Crippen LogP contribution in [0.4, 0.5) is 14.6 Å². The number of hydrogen-bond acceptors (Lipinski definition) is 7. The van der Waals surface area contributed by atoms with E-state index in [9.17, 15) is 8.78 Å². The summed E-state index contributed by atoms with van der Waals surface area (Å²) in [6.45, 7) is -4.13. The lowest BCUT2D eigenvalue weighted by Crippen LogP contribution is -2.10. The number of aryl methyl sites for hydroxylation is 1. The number of alkyl halides is 2. The van der Waals surface area contributed by atoms with E-state index in [4.69, 9.17) is 14.6 Å². The van der Waals surface area contributed by atoms with Crippen molar-refractivity contribution in [2.45, 2.75) is 19.6 Å². The summed E-state index contributed by atoms with van der Waals surface area (Å²) in [5.74, 6) is -0.452. The van der Waals surface area contributed by atoms with Crippen LogP contribution < -0.4 is 15.2 Å². The Morgan fingerprint density at radius 2 is 2.12 bits per heavy atom. The highest BCUT2D eigenvalue weighted by Crippen LogP contribution is 2.43. The highest BCUT2D eigenvalue weighted by molar-refractivity contribution is 9.10. The van der Waals surface area contributed by atoms with Gasteiger partial charge in [0.1, 0.15) is 18.5 Å². The molecule has 0 bridgehead atoms. The molecule has 0 saturated heterocycles. The Balaban J connectivity index is 2.08. The maximum Gasteiger partial charge on any atom is 0.387 e. The third-order valence-electron chi connectivity index (χ3n) is 3.20. The van der Waals surface area contributed by atoms with Gasteiger partial charge in [-0.3, -0.25) is 4.68 Å². The van der Waals surface area contributed by atoms with E-state index >= 15 is 0 Å². The van der Waals surface area contributed by atoms with Gasteiger partial charge in [0.05, 0.1) is 10.9 Å². The van der Waals surface area contributed by atoms with E-state index in [2.05, 4.69) is 40.7 Å². The lowest BCUT2D eigenvalue weighted by Gasteiger charge is -2.18. The smallest absolute Gasteiger partial charge is 0.387 e. The van der Waals surface area contributed by atoms with Crippen LogP contribution in [0, 0.1) is 0 Å². The summed E-state index contributed by atoms with van der Waals surface area (Å²) in [7, 11) is 0. The lowest BCUT2D eigenvalue weighted by atomic mass is 10.2. The van der Waals surface area contributed by atoms with E-state index in [0.29, 0.717) is 14.7 Å². The molecule has 0 saturated carbocycles.